The van der Waals surface area contributed by atoms with Gasteiger partial charge < -0.3 is 5.11 Å². The molecule has 7 heteroatoms. The third kappa shape index (κ3) is 4.78. The first-order valence-corrected chi connectivity index (χ1v) is 11.9. The van der Waals surface area contributed by atoms with E-state index in [1.54, 1.807) is 23.9 Å². The fraction of sp³-hybridized carbons (Fsp3) is 0.208. The van der Waals surface area contributed by atoms with Crippen molar-refractivity contribution in [3.63, 3.8) is 0 Å². The highest BCUT2D eigenvalue weighted by molar-refractivity contribution is 8.15. The molecule has 0 bridgehead atoms. The maximum absolute atomic E-state index is 11.6. The molecule has 0 atom stereocenters. The van der Waals surface area contributed by atoms with Crippen LogP contribution in [0.2, 0.25) is 0 Å². The van der Waals surface area contributed by atoms with Crippen LogP contribution in [-0.4, -0.2) is 27.0 Å². The minimum Gasteiger partial charge on any atom is -0.478 e. The lowest BCUT2D eigenvalue weighted by Crippen LogP contribution is -2.31. The number of hydrogen-bond donors (Lipinski definition) is 1. The summed E-state index contributed by atoms with van der Waals surface area (Å²) >= 11 is 3.23. The molecule has 2 heterocycles. The smallest absolute Gasteiger partial charge is 0.336 e. The lowest BCUT2D eigenvalue weighted by molar-refractivity contribution is 0.0697. The van der Waals surface area contributed by atoms with E-state index in [0.29, 0.717) is 12.1 Å². The number of aryl methyl sites for hydroxylation is 1. The lowest BCUT2D eigenvalue weighted by Gasteiger charge is -2.29. The van der Waals surface area contributed by atoms with Gasteiger partial charge in [-0.25, -0.2) is 9.78 Å². The molecule has 0 spiro atoms. The Morgan fingerprint density at radius 2 is 1.94 bits per heavy atom. The van der Waals surface area contributed by atoms with E-state index in [1.165, 1.54) is 11.9 Å². The summed E-state index contributed by atoms with van der Waals surface area (Å²) in [5.41, 5.74) is 4.15. The Labute approximate surface area is 190 Å². The molecule has 0 radical (unpaired) electrons. The van der Waals surface area contributed by atoms with Crippen LogP contribution in [0.1, 0.15) is 34.8 Å². The number of thioether (sulfide) groups is 1. The van der Waals surface area contributed by atoms with Crippen molar-refractivity contribution in [2.45, 2.75) is 31.7 Å². The Bertz CT molecular complexity index is 1130. The number of carboxylic acid groups (broad SMARTS) is 1. The van der Waals surface area contributed by atoms with Crippen LogP contribution < -0.4 is 4.90 Å². The molecular formula is C24H23N3O2S2. The van der Waals surface area contributed by atoms with Gasteiger partial charge in [0.15, 0.2) is 5.17 Å². The van der Waals surface area contributed by atoms with E-state index in [4.69, 9.17) is 9.38 Å². The number of anilines is 1. The second-order valence-corrected chi connectivity index (χ2v) is 9.15. The molecule has 3 aromatic rings. The van der Waals surface area contributed by atoms with E-state index < -0.39 is 5.97 Å². The van der Waals surface area contributed by atoms with Gasteiger partial charge in [0.2, 0.25) is 0 Å². The second-order valence-electron chi connectivity index (χ2n) is 7.28. The number of benzene rings is 2. The number of aromatic nitrogens is 1. The normalized spacial score (nSPS) is 13.0. The van der Waals surface area contributed by atoms with Crippen molar-refractivity contribution in [1.82, 2.24) is 4.98 Å². The molecule has 1 aliphatic heterocycles. The Balaban J connectivity index is 1.62. The number of aromatic carboxylic acids is 1. The number of fused-ring (bicyclic) bond motifs is 1. The maximum Gasteiger partial charge on any atom is 0.336 e. The Kier molecular flexibility index (Phi) is 6.63. The molecule has 0 unspecified atom stereocenters. The number of carboxylic acids is 1. The summed E-state index contributed by atoms with van der Waals surface area (Å²) in [6.45, 7) is 4.86. The van der Waals surface area contributed by atoms with Crippen LogP contribution in [0.5, 0.6) is 0 Å². The van der Waals surface area contributed by atoms with Crippen molar-refractivity contribution in [2.75, 3.05) is 10.7 Å². The molecule has 0 saturated carbocycles. The molecule has 1 N–H and O–H groups in total. The first kappa shape index (κ1) is 21.5. The summed E-state index contributed by atoms with van der Waals surface area (Å²) in [7, 11) is 0. The molecule has 2 aromatic carbocycles. The topological polar surface area (TPSA) is 65.8 Å². The fourth-order valence-electron chi connectivity index (χ4n) is 3.37. The first-order valence-electron chi connectivity index (χ1n) is 10.1. The van der Waals surface area contributed by atoms with E-state index in [9.17, 15) is 9.90 Å². The van der Waals surface area contributed by atoms with E-state index in [1.807, 2.05) is 49.5 Å². The van der Waals surface area contributed by atoms with Crippen molar-refractivity contribution in [2.24, 2.45) is 4.40 Å². The van der Waals surface area contributed by atoms with Crippen molar-refractivity contribution < 1.29 is 9.90 Å². The average molecular weight is 450 g/mol. The van der Waals surface area contributed by atoms with Crippen molar-refractivity contribution in [3.8, 4) is 11.1 Å². The molecule has 0 saturated heterocycles. The zero-order chi connectivity index (χ0) is 21.8. The number of pyridine rings is 1. The van der Waals surface area contributed by atoms with E-state index in [-0.39, 0.29) is 0 Å². The average Bonchev–Trinajstić information content (AvgIpc) is 2.79. The second kappa shape index (κ2) is 9.58. The fourth-order valence-corrected chi connectivity index (χ4v) is 5.14. The van der Waals surface area contributed by atoms with Gasteiger partial charge in [0.25, 0.3) is 0 Å². The minimum absolute atomic E-state index is 0.308. The van der Waals surface area contributed by atoms with Crippen LogP contribution in [0, 0.1) is 6.92 Å². The van der Waals surface area contributed by atoms with Crippen molar-refractivity contribution in [3.05, 3.63) is 77.5 Å². The molecule has 5 nitrogen and oxygen atoms in total. The van der Waals surface area contributed by atoms with Gasteiger partial charge in [-0.2, -0.15) is 4.40 Å². The predicted molar refractivity (Wildman–Crippen MR) is 130 cm³/mol. The molecule has 158 valence electrons. The first-order chi connectivity index (χ1) is 15.1. The van der Waals surface area contributed by atoms with Gasteiger partial charge in [-0.15, -0.1) is 0 Å². The number of rotatable bonds is 6. The van der Waals surface area contributed by atoms with Crippen molar-refractivity contribution >= 4 is 40.7 Å². The highest BCUT2D eigenvalue weighted by Gasteiger charge is 2.24. The standard InChI is InChI=1S/C24H23N3O2S2/c1-3-12-30-24-26-31-21-13-16(2)14-25-22(21)27(24)15-17-8-10-18(11-9-17)19-6-4-5-7-20(19)23(28)29/h4-11,13-14H,3,12,15H2,1-2H3,(H,28,29). The van der Waals surface area contributed by atoms with E-state index in [2.05, 4.69) is 17.9 Å². The summed E-state index contributed by atoms with van der Waals surface area (Å²) < 4.78 is 4.74. The van der Waals surface area contributed by atoms with E-state index in [0.717, 1.165) is 50.3 Å². The highest BCUT2D eigenvalue weighted by atomic mass is 32.2. The van der Waals surface area contributed by atoms with Crippen LogP contribution in [0.25, 0.3) is 11.1 Å². The Morgan fingerprint density at radius 1 is 1.16 bits per heavy atom. The number of nitrogens with zero attached hydrogens (tertiary/aromatic N) is 3. The van der Waals surface area contributed by atoms with Gasteiger partial charge in [-0.3, -0.25) is 4.90 Å². The molecule has 31 heavy (non-hydrogen) atoms. The van der Waals surface area contributed by atoms with Crippen LogP contribution in [0.4, 0.5) is 5.82 Å². The molecule has 0 aliphatic carbocycles. The summed E-state index contributed by atoms with van der Waals surface area (Å²) in [6.07, 6.45) is 2.97. The summed E-state index contributed by atoms with van der Waals surface area (Å²) in [4.78, 5) is 19.5. The molecule has 0 fully saturated rings. The Hall–Kier alpha value is -2.77. The predicted octanol–water partition coefficient (Wildman–Crippen LogP) is 6.28. The zero-order valence-electron chi connectivity index (χ0n) is 17.4. The van der Waals surface area contributed by atoms with Crippen LogP contribution >= 0.6 is 23.7 Å². The van der Waals surface area contributed by atoms with Gasteiger partial charge >= 0.3 is 5.97 Å². The van der Waals surface area contributed by atoms with E-state index >= 15 is 0 Å². The zero-order valence-corrected chi connectivity index (χ0v) is 19.0. The monoisotopic (exact) mass is 449 g/mol. The lowest BCUT2D eigenvalue weighted by atomic mass is 9.98. The third-order valence-electron chi connectivity index (χ3n) is 4.88. The molecular weight excluding hydrogens is 426 g/mol. The van der Waals surface area contributed by atoms with Gasteiger partial charge in [0.05, 0.1) is 17.0 Å². The summed E-state index contributed by atoms with van der Waals surface area (Å²) in [5, 5.41) is 10.4. The largest absolute Gasteiger partial charge is 0.478 e. The summed E-state index contributed by atoms with van der Waals surface area (Å²) in [5.74, 6) is 1.02. The Morgan fingerprint density at radius 3 is 2.68 bits per heavy atom. The SMILES string of the molecule is CCCSC1=NSc2cc(C)cnc2N1Cc1ccc(-c2ccccc2C(=O)O)cc1. The number of carbonyl (C=O) groups is 1. The number of hydrogen-bond acceptors (Lipinski definition) is 6. The van der Waals surface area contributed by atoms with Crippen LogP contribution in [0.3, 0.4) is 0 Å². The molecule has 4 rings (SSSR count). The van der Waals surface area contributed by atoms with Gasteiger partial charge in [0, 0.05) is 23.9 Å². The van der Waals surface area contributed by atoms with Gasteiger partial charge in [-0.05, 0) is 47.7 Å². The summed E-state index contributed by atoms with van der Waals surface area (Å²) in [6, 6.07) is 17.3. The third-order valence-corrected chi connectivity index (χ3v) is 6.94. The number of amidine groups is 1. The molecule has 0 amide bonds. The van der Waals surface area contributed by atoms with Crippen LogP contribution in [-0.2, 0) is 6.54 Å². The van der Waals surface area contributed by atoms with Crippen LogP contribution in [0.15, 0.2) is 70.1 Å². The van der Waals surface area contributed by atoms with Crippen molar-refractivity contribution in [1.29, 1.82) is 0 Å². The van der Waals surface area contributed by atoms with Gasteiger partial charge in [-0.1, -0.05) is 61.2 Å². The molecule has 1 aromatic heterocycles. The van der Waals surface area contributed by atoms with Gasteiger partial charge in [0.1, 0.15) is 5.82 Å². The minimum atomic E-state index is -0.919. The highest BCUT2D eigenvalue weighted by Crippen LogP contribution is 2.38. The quantitative estimate of drug-likeness (QED) is 0.447. The maximum atomic E-state index is 11.6. The molecule has 1 aliphatic rings.